The molecule has 2 atom stereocenters. The summed E-state index contributed by atoms with van der Waals surface area (Å²) >= 11 is 0. The number of hydrogen-bond acceptors (Lipinski definition) is 2. The Morgan fingerprint density at radius 1 is 1.33 bits per heavy atom. The van der Waals surface area contributed by atoms with Crippen molar-refractivity contribution in [3.8, 4) is 0 Å². The summed E-state index contributed by atoms with van der Waals surface area (Å²) in [4.78, 5) is 10.5. The Morgan fingerprint density at radius 3 is 2.47 bits per heavy atom. The fourth-order valence-corrected chi connectivity index (χ4v) is 2.54. The van der Waals surface area contributed by atoms with Crippen LogP contribution in [0.4, 0.5) is 0 Å². The van der Waals surface area contributed by atoms with Crippen molar-refractivity contribution in [2.45, 2.75) is 64.5 Å². The minimum atomic E-state index is -0.717. The molecule has 0 amide bonds. The molecule has 1 aliphatic rings. The summed E-state index contributed by atoms with van der Waals surface area (Å²) in [5.41, 5.74) is 0. The van der Waals surface area contributed by atoms with Crippen LogP contribution in [0.25, 0.3) is 0 Å². The summed E-state index contributed by atoms with van der Waals surface area (Å²) in [7, 11) is 0. The summed E-state index contributed by atoms with van der Waals surface area (Å²) in [5.74, 6) is 0.0286. The molecule has 1 fully saturated rings. The first-order chi connectivity index (χ1) is 7.09. The van der Waals surface area contributed by atoms with Gasteiger partial charge in [-0.25, -0.2) is 0 Å². The van der Waals surface area contributed by atoms with Crippen LogP contribution < -0.4 is 5.32 Å². The average Bonchev–Trinajstić information content (AvgIpc) is 2.17. The van der Waals surface area contributed by atoms with Gasteiger partial charge in [-0.3, -0.25) is 4.79 Å². The Hall–Kier alpha value is -0.570. The van der Waals surface area contributed by atoms with Crippen molar-refractivity contribution in [3.05, 3.63) is 0 Å². The zero-order valence-electron chi connectivity index (χ0n) is 9.83. The van der Waals surface area contributed by atoms with Crippen LogP contribution in [-0.2, 0) is 4.79 Å². The van der Waals surface area contributed by atoms with Gasteiger partial charge < -0.3 is 10.4 Å². The number of hydrogen-bond donors (Lipinski definition) is 2. The molecule has 0 spiro atoms. The van der Waals surface area contributed by atoms with Crippen LogP contribution in [0, 0.1) is 5.92 Å². The van der Waals surface area contributed by atoms with Crippen LogP contribution in [0.15, 0.2) is 0 Å². The van der Waals surface area contributed by atoms with Crippen LogP contribution in [-0.4, -0.2) is 23.2 Å². The molecule has 88 valence electrons. The molecule has 2 unspecified atom stereocenters. The van der Waals surface area contributed by atoms with Crippen molar-refractivity contribution in [2.75, 3.05) is 0 Å². The maximum Gasteiger partial charge on any atom is 0.304 e. The standard InChI is InChI=1S/C12H23NO2/c1-9(8-12(14)15)13-10(2)11-6-4-3-5-7-11/h9-11,13H,3-8H2,1-2H3,(H,14,15). The quantitative estimate of drug-likeness (QED) is 0.737. The molecular formula is C12H23NO2. The maximum atomic E-state index is 10.5. The number of carbonyl (C=O) groups is 1. The normalized spacial score (nSPS) is 22.3. The molecule has 1 rings (SSSR count). The molecule has 1 saturated carbocycles. The zero-order valence-corrected chi connectivity index (χ0v) is 9.83. The van der Waals surface area contributed by atoms with Gasteiger partial charge in [-0.1, -0.05) is 19.3 Å². The Labute approximate surface area is 92.3 Å². The molecular weight excluding hydrogens is 190 g/mol. The summed E-state index contributed by atoms with van der Waals surface area (Å²) in [6.07, 6.45) is 6.86. The minimum absolute atomic E-state index is 0.0828. The van der Waals surface area contributed by atoms with Gasteiger partial charge >= 0.3 is 5.97 Å². The highest BCUT2D eigenvalue weighted by Gasteiger charge is 2.21. The van der Waals surface area contributed by atoms with E-state index in [0.717, 1.165) is 5.92 Å². The van der Waals surface area contributed by atoms with Gasteiger partial charge in [0.2, 0.25) is 0 Å². The van der Waals surface area contributed by atoms with Crippen LogP contribution >= 0.6 is 0 Å². The summed E-state index contributed by atoms with van der Waals surface area (Å²) in [6.45, 7) is 4.14. The van der Waals surface area contributed by atoms with E-state index < -0.39 is 5.97 Å². The molecule has 0 radical (unpaired) electrons. The second-order valence-corrected chi connectivity index (χ2v) is 4.85. The van der Waals surface area contributed by atoms with E-state index in [-0.39, 0.29) is 12.5 Å². The molecule has 0 bridgehead atoms. The maximum absolute atomic E-state index is 10.5. The Kier molecular flexibility index (Phi) is 5.09. The molecule has 0 aromatic carbocycles. The van der Waals surface area contributed by atoms with Crippen LogP contribution in [0.2, 0.25) is 0 Å². The third kappa shape index (κ3) is 4.65. The van der Waals surface area contributed by atoms with Gasteiger partial charge in [0.15, 0.2) is 0 Å². The van der Waals surface area contributed by atoms with Gasteiger partial charge in [-0.05, 0) is 32.6 Å². The van der Waals surface area contributed by atoms with Gasteiger partial charge in [0.05, 0.1) is 6.42 Å². The SMILES string of the molecule is CC(CC(=O)O)NC(C)C1CCCCC1. The van der Waals surface area contributed by atoms with E-state index in [9.17, 15) is 4.79 Å². The van der Waals surface area contributed by atoms with Crippen molar-refractivity contribution in [1.29, 1.82) is 0 Å². The molecule has 0 aromatic rings. The highest BCUT2D eigenvalue weighted by atomic mass is 16.4. The van der Waals surface area contributed by atoms with E-state index in [1.54, 1.807) is 0 Å². The number of rotatable bonds is 5. The van der Waals surface area contributed by atoms with Crippen molar-refractivity contribution in [3.63, 3.8) is 0 Å². The Morgan fingerprint density at radius 2 is 1.93 bits per heavy atom. The second kappa shape index (κ2) is 6.11. The second-order valence-electron chi connectivity index (χ2n) is 4.85. The van der Waals surface area contributed by atoms with E-state index >= 15 is 0 Å². The van der Waals surface area contributed by atoms with E-state index in [1.165, 1.54) is 32.1 Å². The zero-order chi connectivity index (χ0) is 11.3. The first kappa shape index (κ1) is 12.5. The number of carboxylic acid groups (broad SMARTS) is 1. The predicted molar refractivity (Wildman–Crippen MR) is 60.9 cm³/mol. The lowest BCUT2D eigenvalue weighted by Gasteiger charge is -2.30. The van der Waals surface area contributed by atoms with E-state index in [1.807, 2.05) is 6.92 Å². The Bertz CT molecular complexity index is 200. The fourth-order valence-electron chi connectivity index (χ4n) is 2.54. The molecule has 15 heavy (non-hydrogen) atoms. The lowest BCUT2D eigenvalue weighted by atomic mass is 9.84. The predicted octanol–water partition coefficient (Wildman–Crippen LogP) is 2.41. The molecule has 0 saturated heterocycles. The number of carboxylic acids is 1. The molecule has 1 aliphatic carbocycles. The third-order valence-electron chi connectivity index (χ3n) is 3.39. The lowest BCUT2D eigenvalue weighted by Crippen LogP contribution is -2.41. The van der Waals surface area contributed by atoms with E-state index in [4.69, 9.17) is 5.11 Å². The summed E-state index contributed by atoms with van der Waals surface area (Å²) < 4.78 is 0. The van der Waals surface area contributed by atoms with Crippen LogP contribution in [0.3, 0.4) is 0 Å². The fraction of sp³-hybridized carbons (Fsp3) is 0.917. The first-order valence-corrected chi connectivity index (χ1v) is 6.07. The van der Waals surface area contributed by atoms with Crippen molar-refractivity contribution in [2.24, 2.45) is 5.92 Å². The van der Waals surface area contributed by atoms with Gasteiger partial charge in [0.25, 0.3) is 0 Å². The van der Waals surface area contributed by atoms with Gasteiger partial charge in [0, 0.05) is 12.1 Å². The first-order valence-electron chi connectivity index (χ1n) is 6.07. The molecule has 3 heteroatoms. The topological polar surface area (TPSA) is 49.3 Å². The summed E-state index contributed by atoms with van der Waals surface area (Å²) in [6, 6.07) is 0.541. The van der Waals surface area contributed by atoms with Crippen molar-refractivity contribution >= 4 is 5.97 Å². The van der Waals surface area contributed by atoms with E-state index in [2.05, 4.69) is 12.2 Å². The van der Waals surface area contributed by atoms with Gasteiger partial charge in [-0.2, -0.15) is 0 Å². The highest BCUT2D eigenvalue weighted by molar-refractivity contribution is 5.67. The van der Waals surface area contributed by atoms with Gasteiger partial charge in [0.1, 0.15) is 0 Å². The average molecular weight is 213 g/mol. The molecule has 2 N–H and O–H groups in total. The number of aliphatic carboxylic acids is 1. The third-order valence-corrected chi connectivity index (χ3v) is 3.39. The molecule has 3 nitrogen and oxygen atoms in total. The van der Waals surface area contributed by atoms with E-state index in [0.29, 0.717) is 6.04 Å². The summed E-state index contributed by atoms with van der Waals surface area (Å²) in [5, 5.41) is 12.1. The van der Waals surface area contributed by atoms with Crippen LogP contribution in [0.5, 0.6) is 0 Å². The van der Waals surface area contributed by atoms with Crippen molar-refractivity contribution < 1.29 is 9.90 Å². The molecule has 0 heterocycles. The molecule has 0 aliphatic heterocycles. The Balaban J connectivity index is 2.26. The number of nitrogens with one attached hydrogen (secondary N) is 1. The lowest BCUT2D eigenvalue weighted by molar-refractivity contribution is -0.137. The largest absolute Gasteiger partial charge is 0.481 e. The van der Waals surface area contributed by atoms with Gasteiger partial charge in [-0.15, -0.1) is 0 Å². The minimum Gasteiger partial charge on any atom is -0.481 e. The van der Waals surface area contributed by atoms with Crippen molar-refractivity contribution in [1.82, 2.24) is 5.32 Å². The molecule has 0 aromatic heterocycles. The highest BCUT2D eigenvalue weighted by Crippen LogP contribution is 2.26. The van der Waals surface area contributed by atoms with Crippen LogP contribution in [0.1, 0.15) is 52.4 Å². The smallest absolute Gasteiger partial charge is 0.304 e. The monoisotopic (exact) mass is 213 g/mol.